The number of nitrogens with one attached hydrogen (secondary N) is 3. The predicted molar refractivity (Wildman–Crippen MR) is 179 cm³/mol. The van der Waals surface area contributed by atoms with E-state index in [2.05, 4.69) is 16.0 Å². The van der Waals surface area contributed by atoms with Crippen LogP contribution in [-0.4, -0.2) is 208 Å². The SMILES string of the molecule is Cc1c(NC(=O)CN2CCN(CC(=O)O)CCN(CC(=O)O)CCN(CC(=O)O)CC2)cc(C(=O)NCC(O)CO)cc1C(=O)NC(CO)CO. The number of aliphatic hydroxyl groups is 4. The van der Waals surface area contributed by atoms with Gasteiger partial charge in [0.15, 0.2) is 0 Å². The Morgan fingerprint density at radius 3 is 1.49 bits per heavy atom. The highest BCUT2D eigenvalue weighted by atomic mass is 16.4. The molecule has 286 valence electrons. The molecule has 1 unspecified atom stereocenters. The molecule has 0 radical (unpaired) electrons. The van der Waals surface area contributed by atoms with Gasteiger partial charge < -0.3 is 51.7 Å². The second kappa shape index (κ2) is 21.8. The molecule has 1 aromatic rings. The zero-order chi connectivity index (χ0) is 38.1. The molecule has 1 atom stereocenters. The third kappa shape index (κ3) is 15.7. The van der Waals surface area contributed by atoms with Crippen molar-refractivity contribution >= 4 is 41.3 Å². The number of carbonyl (C=O) groups excluding carboxylic acids is 3. The van der Waals surface area contributed by atoms with Gasteiger partial charge in [0.2, 0.25) is 5.91 Å². The summed E-state index contributed by atoms with van der Waals surface area (Å²) >= 11 is 0. The highest BCUT2D eigenvalue weighted by Gasteiger charge is 2.24. The fourth-order valence-electron chi connectivity index (χ4n) is 5.18. The first kappa shape index (κ1) is 42.9. The number of hydrogen-bond acceptors (Lipinski definition) is 14. The van der Waals surface area contributed by atoms with Gasteiger partial charge in [0, 0.05) is 75.7 Å². The molecule has 2 rings (SSSR count). The fraction of sp³-hybridized carbons (Fsp3) is 0.613. The van der Waals surface area contributed by atoms with Crippen LogP contribution < -0.4 is 16.0 Å². The predicted octanol–water partition coefficient (Wildman–Crippen LogP) is -4.43. The zero-order valence-electron chi connectivity index (χ0n) is 28.5. The number of carboxylic acid groups (broad SMARTS) is 3. The first-order valence-corrected chi connectivity index (χ1v) is 16.2. The third-order valence-electron chi connectivity index (χ3n) is 8.05. The van der Waals surface area contributed by atoms with E-state index >= 15 is 0 Å². The number of carboxylic acids is 3. The summed E-state index contributed by atoms with van der Waals surface area (Å²) < 4.78 is 0. The Labute approximate surface area is 294 Å². The normalized spacial score (nSPS) is 16.4. The molecule has 0 saturated carbocycles. The van der Waals surface area contributed by atoms with Gasteiger partial charge in [-0.05, 0) is 24.6 Å². The summed E-state index contributed by atoms with van der Waals surface area (Å²) in [6.07, 6.45) is -1.25. The second-order valence-corrected chi connectivity index (χ2v) is 12.1. The van der Waals surface area contributed by atoms with Crippen LogP contribution >= 0.6 is 0 Å². The van der Waals surface area contributed by atoms with E-state index in [1.165, 1.54) is 19.1 Å². The lowest BCUT2D eigenvalue weighted by Crippen LogP contribution is -2.49. The van der Waals surface area contributed by atoms with Crippen molar-refractivity contribution < 1.29 is 64.5 Å². The number of aliphatic carboxylic acids is 3. The van der Waals surface area contributed by atoms with Gasteiger partial charge in [0.25, 0.3) is 11.8 Å². The van der Waals surface area contributed by atoms with E-state index in [1.807, 2.05) is 0 Å². The van der Waals surface area contributed by atoms with Crippen LogP contribution in [0.5, 0.6) is 0 Å². The van der Waals surface area contributed by atoms with Crippen molar-refractivity contribution in [1.29, 1.82) is 0 Å². The van der Waals surface area contributed by atoms with Gasteiger partial charge in [-0.15, -0.1) is 0 Å². The summed E-state index contributed by atoms with van der Waals surface area (Å²) in [6, 6.07) is 1.53. The standard InChI is InChI=1S/C31H49N7O13/c1-20-24(31(51)33-22(17-39)18-40)10-21(30(50)32-12-23(42)19-41)11-25(20)34-26(43)13-35-2-4-36(14-27(44)45)6-8-38(16-29(48)49)9-7-37(5-3-35)15-28(46)47/h10-11,22-23,39-42H,2-9,12-19H2,1H3,(H,32,50)(H,33,51)(H,34,43)(H,44,45)(H,46,47)(H,48,49). The summed E-state index contributed by atoms with van der Waals surface area (Å²) in [5.74, 6) is -5.37. The van der Waals surface area contributed by atoms with Crippen LogP contribution in [0.15, 0.2) is 12.1 Å². The van der Waals surface area contributed by atoms with Crippen LogP contribution in [-0.2, 0) is 19.2 Å². The molecule has 3 amide bonds. The van der Waals surface area contributed by atoms with Gasteiger partial charge in [0.1, 0.15) is 0 Å². The van der Waals surface area contributed by atoms with Crippen LogP contribution in [0.3, 0.4) is 0 Å². The number of carbonyl (C=O) groups is 6. The summed E-state index contributed by atoms with van der Waals surface area (Å²) in [5.41, 5.74) is 0.150. The van der Waals surface area contributed by atoms with E-state index in [4.69, 9.17) is 5.11 Å². The molecule has 0 bridgehead atoms. The Morgan fingerprint density at radius 2 is 1.10 bits per heavy atom. The van der Waals surface area contributed by atoms with Crippen molar-refractivity contribution in [3.63, 3.8) is 0 Å². The number of benzene rings is 1. The molecule has 1 heterocycles. The Kier molecular flexibility index (Phi) is 18.4. The maximum Gasteiger partial charge on any atom is 0.317 e. The maximum atomic E-state index is 13.5. The first-order chi connectivity index (χ1) is 24.1. The monoisotopic (exact) mass is 727 g/mol. The number of nitrogens with zero attached hydrogens (tertiary/aromatic N) is 4. The van der Waals surface area contributed by atoms with E-state index in [1.54, 1.807) is 19.6 Å². The molecule has 20 nitrogen and oxygen atoms in total. The molecule has 0 aromatic heterocycles. The molecule has 1 aliphatic heterocycles. The third-order valence-corrected chi connectivity index (χ3v) is 8.05. The van der Waals surface area contributed by atoms with Gasteiger partial charge in [-0.25, -0.2) is 0 Å². The topological polar surface area (TPSA) is 293 Å². The Bertz CT molecular complexity index is 1330. The molecule has 0 spiro atoms. The van der Waals surface area contributed by atoms with E-state index in [-0.39, 0.29) is 107 Å². The minimum absolute atomic E-state index is 0.0653. The van der Waals surface area contributed by atoms with Gasteiger partial charge in [0.05, 0.1) is 58.1 Å². The van der Waals surface area contributed by atoms with Crippen molar-refractivity contribution in [3.8, 4) is 0 Å². The molecule has 1 saturated heterocycles. The Balaban J connectivity index is 2.37. The minimum Gasteiger partial charge on any atom is -0.480 e. The van der Waals surface area contributed by atoms with Crippen LogP contribution in [0.25, 0.3) is 0 Å². The molecule has 1 aromatic carbocycles. The average Bonchev–Trinajstić information content (AvgIpc) is 3.06. The fourth-order valence-corrected chi connectivity index (χ4v) is 5.18. The average molecular weight is 728 g/mol. The Hall–Kier alpha value is -4.28. The van der Waals surface area contributed by atoms with Crippen molar-refractivity contribution in [3.05, 3.63) is 28.8 Å². The highest BCUT2D eigenvalue weighted by molar-refractivity contribution is 6.04. The van der Waals surface area contributed by atoms with E-state index in [0.29, 0.717) is 0 Å². The first-order valence-electron chi connectivity index (χ1n) is 16.2. The van der Waals surface area contributed by atoms with E-state index in [9.17, 15) is 59.4 Å². The van der Waals surface area contributed by atoms with Crippen molar-refractivity contribution in [2.24, 2.45) is 0 Å². The van der Waals surface area contributed by atoms with Crippen LogP contribution in [0.4, 0.5) is 5.69 Å². The molecular formula is C31H49N7O13. The van der Waals surface area contributed by atoms with E-state index < -0.39 is 67.6 Å². The van der Waals surface area contributed by atoms with Crippen molar-refractivity contribution in [2.45, 2.75) is 19.1 Å². The smallest absolute Gasteiger partial charge is 0.317 e. The number of anilines is 1. The number of hydrogen-bond donors (Lipinski definition) is 10. The van der Waals surface area contributed by atoms with Crippen molar-refractivity contribution in [1.82, 2.24) is 30.2 Å². The molecule has 1 fully saturated rings. The summed E-state index contributed by atoms with van der Waals surface area (Å²) in [4.78, 5) is 80.7. The molecule has 0 aliphatic carbocycles. The molecule has 10 N–H and O–H groups in total. The minimum atomic E-state index is -1.25. The Morgan fingerprint density at radius 1 is 0.667 bits per heavy atom. The second-order valence-electron chi connectivity index (χ2n) is 12.1. The van der Waals surface area contributed by atoms with Crippen LogP contribution in [0, 0.1) is 6.92 Å². The quantitative estimate of drug-likeness (QED) is 0.0724. The number of amides is 3. The zero-order valence-corrected chi connectivity index (χ0v) is 28.5. The number of rotatable bonds is 17. The van der Waals surface area contributed by atoms with Crippen LogP contribution in [0.2, 0.25) is 0 Å². The number of aliphatic hydroxyl groups excluding tert-OH is 4. The van der Waals surface area contributed by atoms with E-state index in [0.717, 1.165) is 0 Å². The molecule has 51 heavy (non-hydrogen) atoms. The lowest BCUT2D eigenvalue weighted by Gasteiger charge is -2.32. The van der Waals surface area contributed by atoms with Gasteiger partial charge >= 0.3 is 17.9 Å². The van der Waals surface area contributed by atoms with Gasteiger partial charge in [-0.3, -0.25) is 48.4 Å². The molecule has 1 aliphatic rings. The van der Waals surface area contributed by atoms with Gasteiger partial charge in [-0.1, -0.05) is 0 Å². The summed E-state index contributed by atoms with van der Waals surface area (Å²) in [7, 11) is 0. The summed E-state index contributed by atoms with van der Waals surface area (Å²) in [6.45, 7) is -0.327. The largest absolute Gasteiger partial charge is 0.480 e. The summed E-state index contributed by atoms with van der Waals surface area (Å²) in [5, 5.41) is 73.4. The van der Waals surface area contributed by atoms with Crippen LogP contribution in [0.1, 0.15) is 26.3 Å². The molecular weight excluding hydrogens is 678 g/mol. The molecule has 20 heteroatoms. The maximum absolute atomic E-state index is 13.5. The van der Waals surface area contributed by atoms with Gasteiger partial charge in [-0.2, -0.15) is 0 Å². The lowest BCUT2D eigenvalue weighted by molar-refractivity contribution is -0.140. The highest BCUT2D eigenvalue weighted by Crippen LogP contribution is 2.23. The van der Waals surface area contributed by atoms with Crippen molar-refractivity contribution in [2.75, 3.05) is 110 Å². The lowest BCUT2D eigenvalue weighted by atomic mass is 10.0.